The lowest BCUT2D eigenvalue weighted by Crippen LogP contribution is -2.36. The van der Waals surface area contributed by atoms with Crippen LogP contribution >= 0.6 is 0 Å². The van der Waals surface area contributed by atoms with Gasteiger partial charge < -0.3 is 14.8 Å². The number of furan rings is 1. The second kappa shape index (κ2) is 10.6. The van der Waals surface area contributed by atoms with Crippen molar-refractivity contribution in [2.75, 3.05) is 5.32 Å². The molecule has 0 aliphatic carbocycles. The van der Waals surface area contributed by atoms with E-state index in [1.807, 2.05) is 6.92 Å². The lowest BCUT2D eigenvalue weighted by molar-refractivity contribution is -0.137. The van der Waals surface area contributed by atoms with Gasteiger partial charge >= 0.3 is 5.97 Å². The first-order valence-corrected chi connectivity index (χ1v) is 14.3. The van der Waals surface area contributed by atoms with Gasteiger partial charge in [0.2, 0.25) is 0 Å². The SMILES string of the molecule is Cc1ccc(S(=O)(=O)n2cc(-c3nc(NC(CC(=O)O)C(C)(C)C)c(F)c(-c4ccco4)n3)c3cc(F)cnc32)cc1. The van der Waals surface area contributed by atoms with Crippen LogP contribution in [-0.4, -0.2) is 44.5 Å². The zero-order valence-electron chi connectivity index (χ0n) is 23.1. The Balaban J connectivity index is 1.75. The maximum Gasteiger partial charge on any atom is 0.305 e. The van der Waals surface area contributed by atoms with E-state index in [1.165, 1.54) is 36.7 Å². The van der Waals surface area contributed by atoms with E-state index in [0.717, 1.165) is 21.8 Å². The number of anilines is 1. The number of aromatic nitrogens is 4. The maximum atomic E-state index is 15.9. The Morgan fingerprint density at radius 1 is 1.14 bits per heavy atom. The van der Waals surface area contributed by atoms with Crippen LogP contribution in [0.4, 0.5) is 14.6 Å². The van der Waals surface area contributed by atoms with Gasteiger partial charge in [-0.25, -0.2) is 36.1 Å². The molecule has 5 rings (SSSR count). The number of halogens is 2. The summed E-state index contributed by atoms with van der Waals surface area (Å²) in [6.07, 6.45) is 3.07. The molecular formula is C29H27F2N5O5S. The third-order valence-corrected chi connectivity index (χ3v) is 8.40. The standard InChI is InChI=1S/C29H27F2N5O5S/c1-16-7-9-18(10-8-16)42(39,40)36-15-20(19-12-17(30)14-32-28(19)36)26-34-25(21-6-5-11-41-21)24(31)27(35-26)33-22(13-23(37)38)29(2,3)4/h5-12,14-15,22H,13H2,1-4H3,(H,37,38)(H,33,34,35). The van der Waals surface area contributed by atoms with Gasteiger partial charge in [0.05, 0.1) is 23.8 Å². The van der Waals surface area contributed by atoms with Crippen LogP contribution in [0, 0.1) is 24.0 Å². The number of carbonyl (C=O) groups is 1. The molecule has 0 amide bonds. The summed E-state index contributed by atoms with van der Waals surface area (Å²) in [7, 11) is -4.20. The van der Waals surface area contributed by atoms with Crippen molar-refractivity contribution in [3.8, 4) is 22.8 Å². The number of nitrogens with zero attached hydrogens (tertiary/aromatic N) is 4. The lowest BCUT2D eigenvalue weighted by atomic mass is 9.84. The zero-order chi connectivity index (χ0) is 30.4. The van der Waals surface area contributed by atoms with Crippen LogP contribution in [0.25, 0.3) is 33.9 Å². The average Bonchev–Trinajstić information content (AvgIpc) is 3.57. The fourth-order valence-corrected chi connectivity index (χ4v) is 5.72. The van der Waals surface area contributed by atoms with Crippen molar-refractivity contribution in [3.63, 3.8) is 0 Å². The van der Waals surface area contributed by atoms with Gasteiger partial charge in [0.25, 0.3) is 10.0 Å². The highest BCUT2D eigenvalue weighted by atomic mass is 32.2. The number of carboxylic acids is 1. The van der Waals surface area contributed by atoms with Gasteiger partial charge in [0, 0.05) is 23.2 Å². The van der Waals surface area contributed by atoms with Crippen molar-refractivity contribution < 1.29 is 31.5 Å². The number of aryl methyl sites for hydroxylation is 1. The predicted molar refractivity (Wildman–Crippen MR) is 151 cm³/mol. The molecule has 5 aromatic rings. The quantitative estimate of drug-likeness (QED) is 0.225. The first-order valence-electron chi connectivity index (χ1n) is 12.8. The van der Waals surface area contributed by atoms with Crippen molar-refractivity contribution in [1.29, 1.82) is 0 Å². The highest BCUT2D eigenvalue weighted by Crippen LogP contribution is 2.36. The Morgan fingerprint density at radius 3 is 2.48 bits per heavy atom. The van der Waals surface area contributed by atoms with Crippen LogP contribution in [0.15, 0.2) is 70.4 Å². The molecule has 0 radical (unpaired) electrons. The fourth-order valence-electron chi connectivity index (χ4n) is 4.39. The van der Waals surface area contributed by atoms with Crippen LogP contribution in [0.2, 0.25) is 0 Å². The normalized spacial score (nSPS) is 12.9. The van der Waals surface area contributed by atoms with Gasteiger partial charge in [-0.05, 0) is 42.7 Å². The molecule has 10 nitrogen and oxygen atoms in total. The number of aliphatic carboxylic acids is 1. The maximum absolute atomic E-state index is 15.9. The van der Waals surface area contributed by atoms with Crippen molar-refractivity contribution in [1.82, 2.24) is 18.9 Å². The minimum Gasteiger partial charge on any atom is -0.481 e. The van der Waals surface area contributed by atoms with E-state index < -0.39 is 39.1 Å². The van der Waals surface area contributed by atoms with Crippen LogP contribution in [0.1, 0.15) is 32.8 Å². The van der Waals surface area contributed by atoms with E-state index in [-0.39, 0.29) is 51.0 Å². The number of nitrogens with one attached hydrogen (secondary N) is 1. The molecule has 0 fully saturated rings. The van der Waals surface area contributed by atoms with Crippen molar-refractivity contribution >= 4 is 32.8 Å². The third kappa shape index (κ3) is 5.47. The van der Waals surface area contributed by atoms with Gasteiger partial charge in [-0.3, -0.25) is 4.79 Å². The molecule has 2 N–H and O–H groups in total. The summed E-state index contributed by atoms with van der Waals surface area (Å²) in [6, 6.07) is 9.51. The number of rotatable bonds is 8. The number of hydrogen-bond acceptors (Lipinski definition) is 8. The first kappa shape index (κ1) is 28.9. The minimum atomic E-state index is -4.20. The summed E-state index contributed by atoms with van der Waals surface area (Å²) in [5.41, 5.74) is -0.0797. The highest BCUT2D eigenvalue weighted by Gasteiger charge is 2.31. The zero-order valence-corrected chi connectivity index (χ0v) is 23.9. The smallest absolute Gasteiger partial charge is 0.305 e. The average molecular weight is 596 g/mol. The molecule has 42 heavy (non-hydrogen) atoms. The summed E-state index contributed by atoms with van der Waals surface area (Å²) < 4.78 is 64.0. The molecule has 0 aliphatic heterocycles. The number of benzene rings is 1. The molecule has 0 aliphatic rings. The molecule has 1 aromatic carbocycles. The minimum absolute atomic E-state index is 0.0250. The summed E-state index contributed by atoms with van der Waals surface area (Å²) in [4.78, 5) is 24.3. The topological polar surface area (TPSA) is 140 Å². The lowest BCUT2D eigenvalue weighted by Gasteiger charge is -2.31. The molecule has 13 heteroatoms. The Labute approximate surface area is 240 Å². The van der Waals surface area contributed by atoms with Gasteiger partial charge in [-0.1, -0.05) is 38.5 Å². The van der Waals surface area contributed by atoms with E-state index in [0.29, 0.717) is 0 Å². The largest absolute Gasteiger partial charge is 0.481 e. The Bertz CT molecular complexity index is 1900. The summed E-state index contributed by atoms with van der Waals surface area (Å²) in [6.45, 7) is 7.19. The van der Waals surface area contributed by atoms with Crippen LogP contribution in [0.3, 0.4) is 0 Å². The Kier molecular flexibility index (Phi) is 7.31. The molecule has 218 valence electrons. The summed E-state index contributed by atoms with van der Waals surface area (Å²) >= 11 is 0. The molecule has 0 bridgehead atoms. The van der Waals surface area contributed by atoms with Gasteiger partial charge in [-0.15, -0.1) is 0 Å². The fraction of sp³-hybridized carbons (Fsp3) is 0.241. The molecule has 0 saturated heterocycles. The molecule has 0 saturated carbocycles. The summed E-state index contributed by atoms with van der Waals surface area (Å²) in [5, 5.41) is 12.4. The second-order valence-electron chi connectivity index (χ2n) is 10.9. The molecule has 0 spiro atoms. The highest BCUT2D eigenvalue weighted by molar-refractivity contribution is 7.90. The first-order chi connectivity index (χ1) is 19.8. The van der Waals surface area contributed by atoms with E-state index in [1.54, 1.807) is 32.9 Å². The van der Waals surface area contributed by atoms with Crippen molar-refractivity contribution in [2.24, 2.45) is 5.41 Å². The van der Waals surface area contributed by atoms with Crippen LogP contribution < -0.4 is 5.32 Å². The molecular weight excluding hydrogens is 568 g/mol. The van der Waals surface area contributed by atoms with Crippen molar-refractivity contribution in [3.05, 3.63) is 78.3 Å². The predicted octanol–water partition coefficient (Wildman–Crippen LogP) is 5.88. The van der Waals surface area contributed by atoms with E-state index in [2.05, 4.69) is 20.3 Å². The van der Waals surface area contributed by atoms with Crippen LogP contribution in [-0.2, 0) is 14.8 Å². The number of hydrogen-bond donors (Lipinski definition) is 2. The van der Waals surface area contributed by atoms with Gasteiger partial charge in [0.1, 0.15) is 11.5 Å². The molecule has 4 aromatic heterocycles. The molecule has 1 unspecified atom stereocenters. The Morgan fingerprint density at radius 2 is 1.86 bits per heavy atom. The van der Waals surface area contributed by atoms with Crippen molar-refractivity contribution in [2.45, 2.75) is 45.1 Å². The van der Waals surface area contributed by atoms with Crippen LogP contribution in [0.5, 0.6) is 0 Å². The monoisotopic (exact) mass is 595 g/mol. The number of carboxylic acid groups (broad SMARTS) is 1. The van der Waals surface area contributed by atoms with E-state index >= 15 is 4.39 Å². The van der Waals surface area contributed by atoms with E-state index in [9.17, 15) is 22.7 Å². The Hall–Kier alpha value is -4.65. The molecule has 1 atom stereocenters. The van der Waals surface area contributed by atoms with Gasteiger partial charge in [-0.2, -0.15) is 0 Å². The summed E-state index contributed by atoms with van der Waals surface area (Å²) in [5.74, 6) is -3.20. The second-order valence-corrected chi connectivity index (χ2v) is 12.7. The molecule has 4 heterocycles. The number of fused-ring (bicyclic) bond motifs is 1. The van der Waals surface area contributed by atoms with Gasteiger partial charge in [0.15, 0.2) is 28.9 Å². The third-order valence-electron chi connectivity index (χ3n) is 6.74. The van der Waals surface area contributed by atoms with E-state index in [4.69, 9.17) is 4.42 Å². The number of pyridine rings is 1.